The number of halogens is 1. The number of hydrogen-bond acceptors (Lipinski definition) is 4. The van der Waals surface area contributed by atoms with Gasteiger partial charge in [-0.1, -0.05) is 18.5 Å². The minimum Gasteiger partial charge on any atom is -0.496 e. The first kappa shape index (κ1) is 13.9. The summed E-state index contributed by atoms with van der Waals surface area (Å²) in [6, 6.07) is 1.76. The molecular formula is C12H18ClNO3. The lowest BCUT2D eigenvalue weighted by atomic mass is 9.99. The predicted octanol–water partition coefficient (Wildman–Crippen LogP) is 2.43. The molecule has 0 radical (unpaired) electrons. The van der Waals surface area contributed by atoms with Crippen molar-refractivity contribution >= 4 is 11.6 Å². The first-order valence-electron chi connectivity index (χ1n) is 5.29. The Morgan fingerprint density at radius 3 is 2.18 bits per heavy atom. The molecule has 0 aliphatic heterocycles. The molecule has 0 bridgehead atoms. The molecule has 1 unspecified atom stereocenters. The lowest BCUT2D eigenvalue weighted by Gasteiger charge is -2.19. The van der Waals surface area contributed by atoms with Crippen LogP contribution in [0.3, 0.4) is 0 Å². The zero-order valence-corrected chi connectivity index (χ0v) is 11.3. The Labute approximate surface area is 107 Å². The molecular weight excluding hydrogens is 242 g/mol. The minimum atomic E-state index is 0.0808. The second-order valence-electron chi connectivity index (χ2n) is 3.68. The molecule has 2 N–H and O–H groups in total. The van der Waals surface area contributed by atoms with Crippen LogP contribution in [0.25, 0.3) is 0 Å². The Morgan fingerprint density at radius 1 is 1.18 bits per heavy atom. The van der Waals surface area contributed by atoms with Crippen molar-refractivity contribution in [2.24, 2.45) is 5.73 Å². The van der Waals surface area contributed by atoms with Crippen molar-refractivity contribution in [3.63, 3.8) is 0 Å². The smallest absolute Gasteiger partial charge is 0.179 e. The zero-order valence-electron chi connectivity index (χ0n) is 10.5. The van der Waals surface area contributed by atoms with E-state index in [2.05, 4.69) is 0 Å². The third-order valence-electron chi connectivity index (χ3n) is 2.68. The Hall–Kier alpha value is -1.13. The molecule has 1 aromatic carbocycles. The number of nitrogens with two attached hydrogens (primary N) is 1. The highest BCUT2D eigenvalue weighted by molar-refractivity contribution is 6.33. The van der Waals surface area contributed by atoms with Crippen LogP contribution in [0.15, 0.2) is 6.07 Å². The van der Waals surface area contributed by atoms with Gasteiger partial charge in [-0.2, -0.15) is 0 Å². The van der Waals surface area contributed by atoms with Gasteiger partial charge in [0.2, 0.25) is 0 Å². The first-order valence-corrected chi connectivity index (χ1v) is 5.66. The monoisotopic (exact) mass is 259 g/mol. The van der Waals surface area contributed by atoms with E-state index in [-0.39, 0.29) is 5.92 Å². The fourth-order valence-corrected chi connectivity index (χ4v) is 2.14. The minimum absolute atomic E-state index is 0.0808. The molecule has 0 saturated heterocycles. The standard InChI is InChI=1S/C12H18ClNO3/c1-7(6-14)10-8(15-2)5-9(16-3)12(17-4)11(10)13/h5,7H,6,14H2,1-4H3. The molecule has 0 saturated carbocycles. The van der Waals surface area contributed by atoms with Crippen LogP contribution in [-0.2, 0) is 0 Å². The maximum absolute atomic E-state index is 6.31. The maximum Gasteiger partial charge on any atom is 0.179 e. The van der Waals surface area contributed by atoms with Crippen LogP contribution in [0.2, 0.25) is 5.02 Å². The summed E-state index contributed by atoms with van der Waals surface area (Å²) < 4.78 is 15.8. The predicted molar refractivity (Wildman–Crippen MR) is 68.6 cm³/mol. The largest absolute Gasteiger partial charge is 0.496 e. The molecule has 0 aliphatic carbocycles. The molecule has 0 aromatic heterocycles. The molecule has 0 spiro atoms. The summed E-state index contributed by atoms with van der Waals surface area (Å²) in [5, 5.41) is 0.488. The molecule has 0 aliphatic rings. The summed E-state index contributed by atoms with van der Waals surface area (Å²) in [5.74, 6) is 1.79. The average molecular weight is 260 g/mol. The van der Waals surface area contributed by atoms with E-state index in [0.717, 1.165) is 5.56 Å². The highest BCUT2D eigenvalue weighted by atomic mass is 35.5. The van der Waals surface area contributed by atoms with Gasteiger partial charge in [0.1, 0.15) is 5.75 Å². The van der Waals surface area contributed by atoms with Crippen LogP contribution < -0.4 is 19.9 Å². The molecule has 1 rings (SSSR count). The lowest BCUT2D eigenvalue weighted by Crippen LogP contribution is -2.11. The quantitative estimate of drug-likeness (QED) is 0.882. The number of benzene rings is 1. The van der Waals surface area contributed by atoms with Crippen LogP contribution in [-0.4, -0.2) is 27.9 Å². The number of ether oxygens (including phenoxy) is 3. The van der Waals surface area contributed by atoms with E-state index >= 15 is 0 Å². The topological polar surface area (TPSA) is 53.7 Å². The van der Waals surface area contributed by atoms with Crippen LogP contribution in [0.1, 0.15) is 18.4 Å². The SMILES string of the molecule is COc1cc(OC)c(C(C)CN)c(Cl)c1OC. The van der Waals surface area contributed by atoms with Gasteiger partial charge < -0.3 is 19.9 Å². The van der Waals surface area contributed by atoms with Gasteiger partial charge in [0.05, 0.1) is 26.4 Å². The highest BCUT2D eigenvalue weighted by Crippen LogP contribution is 2.45. The molecule has 5 heteroatoms. The normalized spacial score (nSPS) is 12.1. The summed E-state index contributed by atoms with van der Waals surface area (Å²) in [5.41, 5.74) is 6.51. The Balaban J connectivity index is 3.46. The molecule has 0 fully saturated rings. The van der Waals surface area contributed by atoms with Crippen LogP contribution in [0, 0.1) is 0 Å². The molecule has 0 heterocycles. The van der Waals surface area contributed by atoms with Crippen molar-refractivity contribution < 1.29 is 14.2 Å². The van der Waals surface area contributed by atoms with Crippen molar-refractivity contribution in [1.82, 2.24) is 0 Å². The Morgan fingerprint density at radius 2 is 1.76 bits per heavy atom. The van der Waals surface area contributed by atoms with Gasteiger partial charge in [-0.3, -0.25) is 0 Å². The molecule has 1 atom stereocenters. The van der Waals surface area contributed by atoms with Gasteiger partial charge in [-0.15, -0.1) is 0 Å². The lowest BCUT2D eigenvalue weighted by molar-refractivity contribution is 0.347. The van der Waals surface area contributed by atoms with Crippen molar-refractivity contribution in [2.75, 3.05) is 27.9 Å². The summed E-state index contributed by atoms with van der Waals surface area (Å²) >= 11 is 6.31. The van der Waals surface area contributed by atoms with Crippen LogP contribution >= 0.6 is 11.6 Å². The van der Waals surface area contributed by atoms with E-state index in [1.807, 2.05) is 6.92 Å². The van der Waals surface area contributed by atoms with E-state index in [1.165, 1.54) is 0 Å². The third-order valence-corrected chi connectivity index (χ3v) is 3.05. The Bertz CT molecular complexity index is 396. The van der Waals surface area contributed by atoms with E-state index in [9.17, 15) is 0 Å². The fourth-order valence-electron chi connectivity index (χ4n) is 1.69. The molecule has 1 aromatic rings. The first-order chi connectivity index (χ1) is 8.10. The number of methoxy groups -OCH3 is 3. The van der Waals surface area contributed by atoms with Crippen LogP contribution in [0.4, 0.5) is 0 Å². The third kappa shape index (κ3) is 2.58. The second kappa shape index (κ2) is 5.98. The maximum atomic E-state index is 6.31. The summed E-state index contributed by atoms with van der Waals surface area (Å²) in [7, 11) is 4.69. The molecule has 96 valence electrons. The van der Waals surface area contributed by atoms with Gasteiger partial charge >= 0.3 is 0 Å². The Kier molecular flexibility index (Phi) is 4.90. The molecule has 0 amide bonds. The molecule has 17 heavy (non-hydrogen) atoms. The molecule has 4 nitrogen and oxygen atoms in total. The summed E-state index contributed by atoms with van der Waals surface area (Å²) in [6.45, 7) is 2.46. The van der Waals surface area contributed by atoms with Crippen molar-refractivity contribution in [3.05, 3.63) is 16.7 Å². The zero-order chi connectivity index (χ0) is 13.0. The highest BCUT2D eigenvalue weighted by Gasteiger charge is 2.22. The summed E-state index contributed by atoms with van der Waals surface area (Å²) in [4.78, 5) is 0. The van der Waals surface area contributed by atoms with E-state index in [1.54, 1.807) is 27.4 Å². The van der Waals surface area contributed by atoms with E-state index in [4.69, 9.17) is 31.5 Å². The van der Waals surface area contributed by atoms with E-state index < -0.39 is 0 Å². The van der Waals surface area contributed by atoms with Crippen molar-refractivity contribution in [2.45, 2.75) is 12.8 Å². The van der Waals surface area contributed by atoms with Gasteiger partial charge in [-0.25, -0.2) is 0 Å². The number of hydrogen-bond donors (Lipinski definition) is 1. The van der Waals surface area contributed by atoms with E-state index in [0.29, 0.717) is 28.8 Å². The second-order valence-corrected chi connectivity index (χ2v) is 4.06. The average Bonchev–Trinajstić information content (AvgIpc) is 2.36. The van der Waals surface area contributed by atoms with Crippen molar-refractivity contribution in [1.29, 1.82) is 0 Å². The van der Waals surface area contributed by atoms with Gasteiger partial charge in [-0.05, 0) is 12.5 Å². The summed E-state index contributed by atoms with van der Waals surface area (Å²) in [6.07, 6.45) is 0. The van der Waals surface area contributed by atoms with Crippen molar-refractivity contribution in [3.8, 4) is 17.2 Å². The fraction of sp³-hybridized carbons (Fsp3) is 0.500. The number of rotatable bonds is 5. The van der Waals surface area contributed by atoms with Crippen LogP contribution in [0.5, 0.6) is 17.2 Å². The van der Waals surface area contributed by atoms with Gasteiger partial charge in [0.15, 0.2) is 11.5 Å². The van der Waals surface area contributed by atoms with Gasteiger partial charge in [0, 0.05) is 11.6 Å². The van der Waals surface area contributed by atoms with Gasteiger partial charge in [0.25, 0.3) is 0 Å².